The fourth-order valence-electron chi connectivity index (χ4n) is 1.48. The number of sulfonamides is 1. The van der Waals surface area contributed by atoms with E-state index in [0.717, 1.165) is 12.1 Å². The maximum atomic E-state index is 13.2. The monoisotopic (exact) mass is 376 g/mol. The van der Waals surface area contributed by atoms with Crippen LogP contribution in [0.15, 0.2) is 21.5 Å². The first-order valence-corrected chi connectivity index (χ1v) is 7.57. The molecule has 0 aliphatic rings. The number of anilines is 1. The van der Waals surface area contributed by atoms with Crippen molar-refractivity contribution in [2.24, 2.45) is 0 Å². The van der Waals surface area contributed by atoms with Crippen molar-refractivity contribution in [1.82, 2.24) is 4.31 Å². The van der Waals surface area contributed by atoms with Gasteiger partial charge < -0.3 is 10.8 Å². The Kier molecular flexibility index (Phi) is 5.80. The van der Waals surface area contributed by atoms with Gasteiger partial charge in [-0.3, -0.25) is 0 Å². The summed E-state index contributed by atoms with van der Waals surface area (Å²) in [6, 6.07) is 1.67. The van der Waals surface area contributed by atoms with E-state index in [1.165, 1.54) is 0 Å². The first-order valence-electron chi connectivity index (χ1n) is 5.33. The molecule has 0 aliphatic carbocycles. The molecule has 20 heavy (non-hydrogen) atoms. The lowest BCUT2D eigenvalue weighted by Crippen LogP contribution is -2.37. The molecule has 0 bridgehead atoms. The van der Waals surface area contributed by atoms with Crippen LogP contribution in [0.25, 0.3) is 0 Å². The molecular weight excluding hydrogens is 365 g/mol. The number of rotatable bonds is 6. The molecule has 10 heteroatoms. The van der Waals surface area contributed by atoms with Gasteiger partial charge in [0.25, 0.3) is 6.43 Å². The van der Waals surface area contributed by atoms with Gasteiger partial charge in [0.05, 0.1) is 23.3 Å². The number of aliphatic hydroxyl groups excluding tert-OH is 1. The van der Waals surface area contributed by atoms with E-state index in [4.69, 9.17) is 10.8 Å². The number of hydrogen-bond acceptors (Lipinski definition) is 4. The summed E-state index contributed by atoms with van der Waals surface area (Å²) in [6.45, 7) is -2.23. The molecule has 1 aromatic rings. The Morgan fingerprint density at radius 2 is 2.00 bits per heavy atom. The first kappa shape index (κ1) is 17.2. The summed E-state index contributed by atoms with van der Waals surface area (Å²) in [5.74, 6) is -0.774. The Labute approximate surface area is 122 Å². The lowest BCUT2D eigenvalue weighted by molar-refractivity contribution is 0.113. The zero-order valence-corrected chi connectivity index (χ0v) is 12.5. The van der Waals surface area contributed by atoms with Crippen molar-refractivity contribution in [2.75, 3.05) is 25.4 Å². The number of hydrogen-bond donors (Lipinski definition) is 2. The number of nitrogens with two attached hydrogens (primary N) is 1. The van der Waals surface area contributed by atoms with Gasteiger partial charge in [-0.05, 0) is 28.1 Å². The Bertz CT molecular complexity index is 583. The zero-order valence-electron chi connectivity index (χ0n) is 10.1. The van der Waals surface area contributed by atoms with E-state index in [1.807, 2.05) is 0 Å². The average Bonchev–Trinajstić information content (AvgIpc) is 2.32. The Hall–Kier alpha value is -0.840. The number of benzene rings is 1. The SMILES string of the molecule is Nc1cc(F)c(Br)cc1S(=O)(=O)N(CCO)CC(F)F. The van der Waals surface area contributed by atoms with Crippen molar-refractivity contribution in [3.8, 4) is 0 Å². The third kappa shape index (κ3) is 3.84. The highest BCUT2D eigenvalue weighted by Crippen LogP contribution is 2.28. The fraction of sp³-hybridized carbons (Fsp3) is 0.400. The minimum absolute atomic E-state index is 0.161. The maximum Gasteiger partial charge on any atom is 0.252 e. The molecular formula is C10H12BrF3N2O3S. The Balaban J connectivity index is 3.29. The van der Waals surface area contributed by atoms with Crippen molar-refractivity contribution in [3.63, 3.8) is 0 Å². The summed E-state index contributed by atoms with van der Waals surface area (Å²) >= 11 is 2.80. The van der Waals surface area contributed by atoms with Gasteiger partial charge in [0.1, 0.15) is 10.7 Å². The van der Waals surface area contributed by atoms with Crippen LogP contribution in [0.2, 0.25) is 0 Å². The van der Waals surface area contributed by atoms with Crippen LogP contribution < -0.4 is 5.73 Å². The van der Waals surface area contributed by atoms with Crippen LogP contribution in [-0.4, -0.2) is 44.0 Å². The van der Waals surface area contributed by atoms with Gasteiger partial charge in [-0.15, -0.1) is 0 Å². The lowest BCUT2D eigenvalue weighted by atomic mass is 10.3. The van der Waals surface area contributed by atoms with Crippen molar-refractivity contribution in [3.05, 3.63) is 22.4 Å². The quantitative estimate of drug-likeness (QED) is 0.735. The summed E-state index contributed by atoms with van der Waals surface area (Å²) < 4.78 is 62.7. The highest BCUT2D eigenvalue weighted by atomic mass is 79.9. The summed E-state index contributed by atoms with van der Waals surface area (Å²) in [7, 11) is -4.36. The number of halogens is 4. The molecule has 1 rings (SSSR count). The van der Waals surface area contributed by atoms with Crippen molar-refractivity contribution < 1.29 is 26.7 Å². The van der Waals surface area contributed by atoms with E-state index < -0.39 is 52.5 Å². The smallest absolute Gasteiger partial charge is 0.252 e. The number of alkyl halides is 2. The van der Waals surface area contributed by atoms with Gasteiger partial charge in [-0.1, -0.05) is 0 Å². The molecule has 0 aliphatic heterocycles. The molecule has 0 amide bonds. The van der Waals surface area contributed by atoms with Gasteiger partial charge in [-0.25, -0.2) is 21.6 Å². The molecule has 0 fully saturated rings. The summed E-state index contributed by atoms with van der Waals surface area (Å²) in [5, 5.41) is 8.78. The molecule has 0 aromatic heterocycles. The lowest BCUT2D eigenvalue weighted by Gasteiger charge is -2.21. The predicted molar refractivity (Wildman–Crippen MR) is 70.4 cm³/mol. The van der Waals surface area contributed by atoms with Gasteiger partial charge in [-0.2, -0.15) is 4.31 Å². The molecule has 5 nitrogen and oxygen atoms in total. The minimum Gasteiger partial charge on any atom is -0.398 e. The minimum atomic E-state index is -4.36. The topological polar surface area (TPSA) is 83.6 Å². The van der Waals surface area contributed by atoms with Crippen LogP contribution in [0.1, 0.15) is 0 Å². The van der Waals surface area contributed by atoms with Gasteiger partial charge in [0.15, 0.2) is 0 Å². The van der Waals surface area contributed by atoms with E-state index in [1.54, 1.807) is 0 Å². The molecule has 0 saturated carbocycles. The van der Waals surface area contributed by atoms with Crippen molar-refractivity contribution >= 4 is 31.6 Å². The maximum absolute atomic E-state index is 13.2. The van der Waals surface area contributed by atoms with Gasteiger partial charge in [0, 0.05) is 6.54 Å². The van der Waals surface area contributed by atoms with Crippen LogP contribution in [0.3, 0.4) is 0 Å². The second kappa shape index (κ2) is 6.74. The first-order chi connectivity index (χ1) is 9.20. The van der Waals surface area contributed by atoms with Crippen LogP contribution in [0.5, 0.6) is 0 Å². The van der Waals surface area contributed by atoms with E-state index >= 15 is 0 Å². The van der Waals surface area contributed by atoms with Crippen LogP contribution in [0, 0.1) is 5.82 Å². The Morgan fingerprint density at radius 1 is 1.40 bits per heavy atom. The normalized spacial score (nSPS) is 12.3. The molecule has 1 aromatic carbocycles. The van der Waals surface area contributed by atoms with E-state index in [2.05, 4.69) is 15.9 Å². The van der Waals surface area contributed by atoms with Gasteiger partial charge in [0.2, 0.25) is 10.0 Å². The van der Waals surface area contributed by atoms with Crippen LogP contribution >= 0.6 is 15.9 Å². The number of nitrogens with zero attached hydrogens (tertiary/aromatic N) is 1. The average molecular weight is 377 g/mol. The van der Waals surface area contributed by atoms with Gasteiger partial charge >= 0.3 is 0 Å². The zero-order chi connectivity index (χ0) is 15.5. The third-order valence-electron chi connectivity index (χ3n) is 2.36. The van der Waals surface area contributed by atoms with E-state index in [9.17, 15) is 21.6 Å². The molecule has 0 radical (unpaired) electrons. The number of nitrogen functional groups attached to an aromatic ring is 1. The predicted octanol–water partition coefficient (Wildman–Crippen LogP) is 1.42. The molecule has 0 atom stereocenters. The van der Waals surface area contributed by atoms with Crippen molar-refractivity contribution in [2.45, 2.75) is 11.3 Å². The van der Waals surface area contributed by atoms with Crippen LogP contribution in [-0.2, 0) is 10.0 Å². The largest absolute Gasteiger partial charge is 0.398 e. The number of aliphatic hydroxyl groups is 1. The highest BCUT2D eigenvalue weighted by molar-refractivity contribution is 9.10. The summed E-state index contributed by atoms with van der Waals surface area (Å²) in [5.41, 5.74) is 5.02. The second-order valence-corrected chi connectivity index (χ2v) is 6.54. The second-order valence-electron chi connectivity index (χ2n) is 3.78. The van der Waals surface area contributed by atoms with E-state index in [-0.39, 0.29) is 4.47 Å². The molecule has 0 saturated heterocycles. The molecule has 114 valence electrons. The standard InChI is InChI=1S/C10H12BrF3N2O3S/c11-6-3-9(8(15)4-7(6)12)20(18,19)16(1-2-17)5-10(13)14/h3-4,10,17H,1-2,5,15H2. The molecule has 3 N–H and O–H groups in total. The third-order valence-corrected chi connectivity index (χ3v) is 4.89. The summed E-state index contributed by atoms with van der Waals surface area (Å²) in [4.78, 5) is -0.500. The highest BCUT2D eigenvalue weighted by Gasteiger charge is 2.29. The van der Waals surface area contributed by atoms with E-state index in [0.29, 0.717) is 4.31 Å². The summed E-state index contributed by atoms with van der Waals surface area (Å²) in [6.07, 6.45) is -2.92. The fourth-order valence-corrected chi connectivity index (χ4v) is 3.51. The molecule has 0 heterocycles. The molecule has 0 spiro atoms. The molecule has 0 unspecified atom stereocenters. The van der Waals surface area contributed by atoms with Crippen LogP contribution in [0.4, 0.5) is 18.9 Å². The van der Waals surface area contributed by atoms with Crippen molar-refractivity contribution in [1.29, 1.82) is 0 Å². The Morgan fingerprint density at radius 3 is 2.50 bits per heavy atom.